The molecule has 6 nitrogen and oxygen atoms in total. The van der Waals surface area contributed by atoms with Crippen molar-refractivity contribution in [2.45, 2.75) is 32.6 Å². The summed E-state index contributed by atoms with van der Waals surface area (Å²) in [7, 11) is 0. The zero-order valence-corrected chi connectivity index (χ0v) is 12.1. The van der Waals surface area contributed by atoms with Crippen LogP contribution in [0.15, 0.2) is 24.3 Å². The fourth-order valence-electron chi connectivity index (χ4n) is 3.12. The van der Waals surface area contributed by atoms with Gasteiger partial charge in [0.15, 0.2) is 0 Å². The van der Waals surface area contributed by atoms with Crippen molar-refractivity contribution in [1.29, 1.82) is 0 Å². The third kappa shape index (κ3) is 3.15. The Labute approximate surface area is 123 Å². The predicted molar refractivity (Wildman–Crippen MR) is 79.5 cm³/mol. The molecule has 0 spiro atoms. The second kappa shape index (κ2) is 6.11. The molecule has 1 unspecified atom stereocenters. The van der Waals surface area contributed by atoms with Crippen molar-refractivity contribution in [2.75, 3.05) is 18.0 Å². The summed E-state index contributed by atoms with van der Waals surface area (Å²) in [5, 5.41) is 20.5. The normalized spacial score (nSPS) is 22.0. The van der Waals surface area contributed by atoms with Gasteiger partial charge in [0.25, 0.3) is 5.69 Å². The van der Waals surface area contributed by atoms with E-state index in [1.165, 1.54) is 12.1 Å². The number of benzene rings is 1. The average molecular weight is 292 g/mol. The van der Waals surface area contributed by atoms with Crippen molar-refractivity contribution in [3.8, 4) is 0 Å². The van der Waals surface area contributed by atoms with Gasteiger partial charge in [0.2, 0.25) is 0 Å². The van der Waals surface area contributed by atoms with E-state index in [4.69, 9.17) is 0 Å². The minimum absolute atomic E-state index is 0.0366. The maximum Gasteiger partial charge on any atom is 0.311 e. The first-order valence-corrected chi connectivity index (χ1v) is 7.21. The second-order valence-corrected chi connectivity index (χ2v) is 5.64. The Morgan fingerprint density at radius 3 is 2.90 bits per heavy atom. The first-order valence-electron chi connectivity index (χ1n) is 7.21. The van der Waals surface area contributed by atoms with E-state index in [1.54, 1.807) is 12.1 Å². The third-order valence-electron chi connectivity index (χ3n) is 4.16. The molecule has 1 aromatic carbocycles. The highest BCUT2D eigenvalue weighted by Crippen LogP contribution is 2.37. The number of anilines is 1. The van der Waals surface area contributed by atoms with Crippen LogP contribution in [0.3, 0.4) is 0 Å². The molecular weight excluding hydrogens is 272 g/mol. The summed E-state index contributed by atoms with van der Waals surface area (Å²) in [5.41, 5.74) is 0.0255. The highest BCUT2D eigenvalue weighted by atomic mass is 16.6. The van der Waals surface area contributed by atoms with Gasteiger partial charge < -0.3 is 10.0 Å². The van der Waals surface area contributed by atoms with Gasteiger partial charge in [-0.15, -0.1) is 0 Å². The van der Waals surface area contributed by atoms with Crippen LogP contribution >= 0.6 is 0 Å². The highest BCUT2D eigenvalue weighted by Gasteiger charge is 2.41. The largest absolute Gasteiger partial charge is 0.481 e. The van der Waals surface area contributed by atoms with Gasteiger partial charge in [0.1, 0.15) is 0 Å². The summed E-state index contributed by atoms with van der Waals surface area (Å²) in [4.78, 5) is 24.1. The molecule has 1 N–H and O–H groups in total. The van der Waals surface area contributed by atoms with Crippen LogP contribution < -0.4 is 4.90 Å². The number of nitrogens with zero attached hydrogens (tertiary/aromatic N) is 2. The van der Waals surface area contributed by atoms with E-state index in [9.17, 15) is 20.0 Å². The van der Waals surface area contributed by atoms with E-state index < -0.39 is 16.3 Å². The van der Waals surface area contributed by atoms with Gasteiger partial charge in [-0.2, -0.15) is 0 Å². The SMILES string of the molecule is CCCC1(C(=O)O)CCCN(c2cccc([N+](=O)[O-])c2)C1. The van der Waals surface area contributed by atoms with E-state index in [1.807, 2.05) is 11.8 Å². The molecule has 2 rings (SSSR count). The van der Waals surface area contributed by atoms with Crippen LogP contribution in [-0.4, -0.2) is 29.1 Å². The molecule has 0 bridgehead atoms. The number of carboxylic acid groups (broad SMARTS) is 1. The maximum absolute atomic E-state index is 11.7. The van der Waals surface area contributed by atoms with Crippen LogP contribution in [0.25, 0.3) is 0 Å². The monoisotopic (exact) mass is 292 g/mol. The number of carboxylic acids is 1. The molecule has 1 heterocycles. The molecule has 0 amide bonds. The molecule has 0 saturated carbocycles. The number of piperidine rings is 1. The Hall–Kier alpha value is -2.11. The number of non-ortho nitro benzene ring substituents is 1. The number of rotatable bonds is 5. The van der Waals surface area contributed by atoms with Crippen LogP contribution in [0.5, 0.6) is 0 Å². The van der Waals surface area contributed by atoms with Crippen molar-refractivity contribution < 1.29 is 14.8 Å². The molecule has 1 aliphatic heterocycles. The highest BCUT2D eigenvalue weighted by molar-refractivity contribution is 5.76. The Kier molecular flexibility index (Phi) is 4.45. The lowest BCUT2D eigenvalue weighted by atomic mass is 9.76. The van der Waals surface area contributed by atoms with Gasteiger partial charge in [-0.3, -0.25) is 14.9 Å². The minimum atomic E-state index is -0.764. The van der Waals surface area contributed by atoms with Crippen LogP contribution in [0.2, 0.25) is 0 Å². The summed E-state index contributed by atoms with van der Waals surface area (Å²) in [6.07, 6.45) is 2.90. The lowest BCUT2D eigenvalue weighted by molar-refractivity contribution is -0.384. The second-order valence-electron chi connectivity index (χ2n) is 5.64. The number of aliphatic carboxylic acids is 1. The fraction of sp³-hybridized carbons (Fsp3) is 0.533. The van der Waals surface area contributed by atoms with Gasteiger partial charge >= 0.3 is 5.97 Å². The van der Waals surface area contributed by atoms with Gasteiger partial charge in [-0.05, 0) is 25.3 Å². The molecule has 21 heavy (non-hydrogen) atoms. The molecule has 0 radical (unpaired) electrons. The van der Waals surface area contributed by atoms with Gasteiger partial charge in [0.05, 0.1) is 10.3 Å². The van der Waals surface area contributed by atoms with Crippen LogP contribution in [-0.2, 0) is 4.79 Å². The molecular formula is C15H20N2O4. The quantitative estimate of drug-likeness (QED) is 0.666. The molecule has 1 saturated heterocycles. The first-order chi connectivity index (χ1) is 9.98. The first kappa shape index (κ1) is 15.3. The van der Waals surface area contributed by atoms with E-state index in [0.29, 0.717) is 19.4 Å². The smallest absolute Gasteiger partial charge is 0.311 e. The predicted octanol–water partition coefficient (Wildman–Crippen LogP) is 3.07. The topological polar surface area (TPSA) is 83.7 Å². The van der Waals surface area contributed by atoms with E-state index in [2.05, 4.69) is 0 Å². The average Bonchev–Trinajstić information content (AvgIpc) is 2.48. The van der Waals surface area contributed by atoms with Crippen molar-refractivity contribution in [1.82, 2.24) is 0 Å². The van der Waals surface area contributed by atoms with Gasteiger partial charge in [-0.25, -0.2) is 0 Å². The lowest BCUT2D eigenvalue weighted by Gasteiger charge is -2.41. The van der Waals surface area contributed by atoms with Crippen molar-refractivity contribution in [2.24, 2.45) is 5.41 Å². The summed E-state index contributed by atoms with van der Waals surface area (Å²) in [5.74, 6) is -0.764. The number of nitro groups is 1. The van der Waals surface area contributed by atoms with E-state index >= 15 is 0 Å². The Balaban J connectivity index is 2.26. The number of carbonyl (C=O) groups is 1. The van der Waals surface area contributed by atoms with E-state index in [0.717, 1.165) is 25.1 Å². The number of hydrogen-bond acceptors (Lipinski definition) is 4. The Morgan fingerprint density at radius 1 is 1.52 bits per heavy atom. The van der Waals surface area contributed by atoms with Gasteiger partial charge in [0, 0.05) is 30.9 Å². The molecule has 6 heteroatoms. The lowest BCUT2D eigenvalue weighted by Crippen LogP contribution is -2.48. The molecule has 1 aliphatic rings. The van der Waals surface area contributed by atoms with Crippen LogP contribution in [0.4, 0.5) is 11.4 Å². The van der Waals surface area contributed by atoms with Crippen molar-refractivity contribution in [3.05, 3.63) is 34.4 Å². The molecule has 114 valence electrons. The molecule has 0 aromatic heterocycles. The molecule has 0 aliphatic carbocycles. The maximum atomic E-state index is 11.7. The van der Waals surface area contributed by atoms with E-state index in [-0.39, 0.29) is 5.69 Å². The summed E-state index contributed by atoms with van der Waals surface area (Å²) in [6.45, 7) is 3.13. The molecule has 1 atom stereocenters. The molecule has 1 fully saturated rings. The van der Waals surface area contributed by atoms with Crippen molar-refractivity contribution in [3.63, 3.8) is 0 Å². The summed E-state index contributed by atoms with van der Waals surface area (Å²) < 4.78 is 0. The van der Waals surface area contributed by atoms with Crippen molar-refractivity contribution >= 4 is 17.3 Å². The third-order valence-corrected chi connectivity index (χ3v) is 4.16. The Bertz CT molecular complexity index is 542. The number of nitro benzene ring substituents is 1. The zero-order valence-electron chi connectivity index (χ0n) is 12.1. The minimum Gasteiger partial charge on any atom is -0.481 e. The van der Waals surface area contributed by atoms with Gasteiger partial charge in [-0.1, -0.05) is 19.4 Å². The Morgan fingerprint density at radius 2 is 2.29 bits per heavy atom. The standard InChI is InChI=1S/C15H20N2O4/c1-2-7-15(14(18)19)8-4-9-16(11-15)12-5-3-6-13(10-12)17(20)21/h3,5-6,10H,2,4,7-9,11H2,1H3,(H,18,19). The molecule has 1 aromatic rings. The summed E-state index contributed by atoms with van der Waals surface area (Å²) >= 11 is 0. The number of hydrogen-bond donors (Lipinski definition) is 1. The van der Waals surface area contributed by atoms with Crippen LogP contribution in [0, 0.1) is 15.5 Å². The summed E-state index contributed by atoms with van der Waals surface area (Å²) in [6, 6.07) is 6.41. The van der Waals surface area contributed by atoms with Crippen LogP contribution in [0.1, 0.15) is 32.6 Å². The zero-order chi connectivity index (χ0) is 15.5. The fourth-order valence-corrected chi connectivity index (χ4v) is 3.12.